The van der Waals surface area contributed by atoms with Crippen molar-refractivity contribution in [3.63, 3.8) is 0 Å². The van der Waals surface area contributed by atoms with Gasteiger partial charge in [0.15, 0.2) is 0 Å². The Morgan fingerprint density at radius 1 is 1.56 bits per heavy atom. The van der Waals surface area contributed by atoms with Crippen LogP contribution in [0.2, 0.25) is 0 Å². The quantitative estimate of drug-likeness (QED) is 0.862. The highest BCUT2D eigenvalue weighted by Crippen LogP contribution is 2.28. The molecular formula is C12H19NO2S. The molecule has 3 nitrogen and oxygen atoms in total. The maximum Gasteiger partial charge on any atom is 0.0965 e. The Labute approximate surface area is 100 Å². The highest BCUT2D eigenvalue weighted by molar-refractivity contribution is 7.09. The fourth-order valence-corrected chi connectivity index (χ4v) is 2.91. The summed E-state index contributed by atoms with van der Waals surface area (Å²) < 4.78 is 5.23. The first-order chi connectivity index (χ1) is 7.39. The van der Waals surface area contributed by atoms with Gasteiger partial charge >= 0.3 is 0 Å². The van der Waals surface area contributed by atoms with Gasteiger partial charge in [-0.05, 0) is 0 Å². The summed E-state index contributed by atoms with van der Waals surface area (Å²) in [6, 6.07) is 0. The number of thiazole rings is 1. The lowest BCUT2D eigenvalue weighted by atomic mass is 9.93. The van der Waals surface area contributed by atoms with Gasteiger partial charge in [0, 0.05) is 30.2 Å². The third-order valence-electron chi connectivity index (χ3n) is 2.88. The van der Waals surface area contributed by atoms with Crippen LogP contribution < -0.4 is 0 Å². The van der Waals surface area contributed by atoms with E-state index < -0.39 is 5.60 Å². The molecule has 0 bridgehead atoms. The molecule has 1 aromatic heterocycles. The molecule has 1 saturated heterocycles. The summed E-state index contributed by atoms with van der Waals surface area (Å²) in [5, 5.41) is 13.3. The summed E-state index contributed by atoms with van der Waals surface area (Å²) >= 11 is 1.64. The molecule has 1 unspecified atom stereocenters. The van der Waals surface area contributed by atoms with E-state index >= 15 is 0 Å². The molecule has 0 aromatic carbocycles. The summed E-state index contributed by atoms with van der Waals surface area (Å²) in [5.41, 5.74) is 0.506. The molecule has 1 atom stereocenters. The Morgan fingerprint density at radius 3 is 2.81 bits per heavy atom. The second-order valence-corrected chi connectivity index (χ2v) is 6.52. The van der Waals surface area contributed by atoms with Crippen molar-refractivity contribution < 1.29 is 9.84 Å². The Hall–Kier alpha value is -0.450. The molecule has 2 heterocycles. The predicted molar refractivity (Wildman–Crippen MR) is 64.9 cm³/mol. The van der Waals surface area contributed by atoms with Crippen LogP contribution >= 0.6 is 11.3 Å². The van der Waals surface area contributed by atoms with E-state index in [1.54, 1.807) is 11.3 Å². The van der Waals surface area contributed by atoms with Gasteiger partial charge in [-0.2, -0.15) is 0 Å². The minimum atomic E-state index is -0.687. The summed E-state index contributed by atoms with van der Waals surface area (Å²) in [6.45, 7) is 7.56. The molecule has 0 amide bonds. The molecular weight excluding hydrogens is 222 g/mol. The average molecular weight is 241 g/mol. The van der Waals surface area contributed by atoms with Crippen LogP contribution in [-0.4, -0.2) is 28.9 Å². The minimum absolute atomic E-state index is 0.0869. The van der Waals surface area contributed by atoms with Crippen molar-refractivity contribution in [1.29, 1.82) is 0 Å². The number of nitrogens with zero attached hydrogens (tertiary/aromatic N) is 1. The van der Waals surface area contributed by atoms with E-state index in [4.69, 9.17) is 4.74 Å². The molecule has 0 spiro atoms. The van der Waals surface area contributed by atoms with Crippen molar-refractivity contribution in [2.24, 2.45) is 0 Å². The molecule has 4 heteroatoms. The molecule has 1 aliphatic heterocycles. The van der Waals surface area contributed by atoms with Crippen LogP contribution in [0.25, 0.3) is 0 Å². The number of hydrogen-bond acceptors (Lipinski definition) is 4. The second kappa shape index (κ2) is 4.09. The first-order valence-electron chi connectivity index (χ1n) is 5.64. The van der Waals surface area contributed by atoms with Gasteiger partial charge in [-0.3, -0.25) is 0 Å². The SMILES string of the molecule is CC(C)(C)c1csc(CC2(O)CCOC2)n1. The maximum atomic E-state index is 10.2. The van der Waals surface area contributed by atoms with Crippen LogP contribution in [0, 0.1) is 0 Å². The molecule has 1 N–H and O–H groups in total. The first kappa shape index (κ1) is 12.0. The van der Waals surface area contributed by atoms with Crippen LogP contribution in [0.3, 0.4) is 0 Å². The lowest BCUT2D eigenvalue weighted by Crippen LogP contribution is -2.31. The van der Waals surface area contributed by atoms with Gasteiger partial charge in [-0.15, -0.1) is 11.3 Å². The highest BCUT2D eigenvalue weighted by Gasteiger charge is 2.33. The van der Waals surface area contributed by atoms with Gasteiger partial charge in [-0.25, -0.2) is 4.98 Å². The van der Waals surface area contributed by atoms with Crippen LogP contribution in [0.4, 0.5) is 0 Å². The van der Waals surface area contributed by atoms with Crippen molar-refractivity contribution >= 4 is 11.3 Å². The zero-order valence-electron chi connectivity index (χ0n) is 10.1. The van der Waals surface area contributed by atoms with Crippen molar-refractivity contribution in [2.45, 2.75) is 44.6 Å². The molecule has 90 valence electrons. The molecule has 1 aliphatic rings. The van der Waals surface area contributed by atoms with Gasteiger partial charge in [0.2, 0.25) is 0 Å². The average Bonchev–Trinajstić information content (AvgIpc) is 2.74. The monoisotopic (exact) mass is 241 g/mol. The topological polar surface area (TPSA) is 42.4 Å². The van der Waals surface area contributed by atoms with E-state index in [9.17, 15) is 5.11 Å². The van der Waals surface area contributed by atoms with Crippen LogP contribution in [0.15, 0.2) is 5.38 Å². The predicted octanol–water partition coefficient (Wildman–Crippen LogP) is 2.13. The van der Waals surface area contributed by atoms with Gasteiger partial charge < -0.3 is 9.84 Å². The molecule has 0 radical (unpaired) electrons. The fraction of sp³-hybridized carbons (Fsp3) is 0.750. The van der Waals surface area contributed by atoms with Gasteiger partial charge in [0.05, 0.1) is 22.9 Å². The number of rotatable bonds is 2. The lowest BCUT2D eigenvalue weighted by molar-refractivity contribution is 0.0270. The summed E-state index contributed by atoms with van der Waals surface area (Å²) in [7, 11) is 0. The molecule has 0 aliphatic carbocycles. The molecule has 16 heavy (non-hydrogen) atoms. The normalized spacial score (nSPS) is 26.2. The number of aliphatic hydroxyl groups is 1. The van der Waals surface area contributed by atoms with Gasteiger partial charge in [0.25, 0.3) is 0 Å². The smallest absolute Gasteiger partial charge is 0.0965 e. The first-order valence-corrected chi connectivity index (χ1v) is 6.52. The molecule has 2 rings (SSSR count). The fourth-order valence-electron chi connectivity index (χ4n) is 1.75. The Morgan fingerprint density at radius 2 is 2.31 bits per heavy atom. The van der Waals surface area contributed by atoms with Gasteiger partial charge in [0.1, 0.15) is 0 Å². The minimum Gasteiger partial charge on any atom is -0.387 e. The van der Waals surface area contributed by atoms with Crippen molar-refractivity contribution in [3.05, 3.63) is 16.1 Å². The third-order valence-corrected chi connectivity index (χ3v) is 3.73. The zero-order chi connectivity index (χ0) is 11.8. The molecule has 1 aromatic rings. The van der Waals surface area contributed by atoms with E-state index in [0.29, 0.717) is 19.6 Å². The summed E-state index contributed by atoms with van der Waals surface area (Å²) in [5.74, 6) is 0. The van der Waals surface area contributed by atoms with Crippen molar-refractivity contribution in [3.8, 4) is 0 Å². The maximum absolute atomic E-state index is 10.2. The Bertz CT molecular complexity index is 361. The van der Waals surface area contributed by atoms with Crippen LogP contribution in [-0.2, 0) is 16.6 Å². The molecule has 0 saturated carbocycles. The number of hydrogen-bond donors (Lipinski definition) is 1. The lowest BCUT2D eigenvalue weighted by Gasteiger charge is -2.18. The number of aromatic nitrogens is 1. The van der Waals surface area contributed by atoms with Crippen LogP contribution in [0.1, 0.15) is 37.9 Å². The summed E-state index contributed by atoms with van der Waals surface area (Å²) in [4.78, 5) is 4.59. The van der Waals surface area contributed by atoms with E-state index in [2.05, 4.69) is 31.1 Å². The van der Waals surface area contributed by atoms with Gasteiger partial charge in [-0.1, -0.05) is 20.8 Å². The Kier molecular flexibility index (Phi) is 3.07. The zero-order valence-corrected chi connectivity index (χ0v) is 10.9. The largest absolute Gasteiger partial charge is 0.387 e. The number of ether oxygens (including phenoxy) is 1. The van der Waals surface area contributed by atoms with Crippen molar-refractivity contribution in [1.82, 2.24) is 4.98 Å². The second-order valence-electron chi connectivity index (χ2n) is 5.58. The van der Waals surface area contributed by atoms with Crippen LogP contribution in [0.5, 0.6) is 0 Å². The van der Waals surface area contributed by atoms with E-state index in [1.807, 2.05) is 0 Å². The van der Waals surface area contributed by atoms with Crippen molar-refractivity contribution in [2.75, 3.05) is 13.2 Å². The highest BCUT2D eigenvalue weighted by atomic mass is 32.1. The summed E-state index contributed by atoms with van der Waals surface area (Å²) in [6.07, 6.45) is 1.34. The van der Waals surface area contributed by atoms with E-state index in [-0.39, 0.29) is 5.41 Å². The molecule has 1 fully saturated rings. The Balaban J connectivity index is 2.08. The van der Waals surface area contributed by atoms with E-state index in [1.165, 1.54) is 0 Å². The standard InChI is InChI=1S/C12H19NO2S/c1-11(2,3)9-7-16-10(13-9)6-12(14)4-5-15-8-12/h7,14H,4-6,8H2,1-3H3. The third kappa shape index (κ3) is 2.62. The van der Waals surface area contributed by atoms with E-state index in [0.717, 1.165) is 17.1 Å².